The summed E-state index contributed by atoms with van der Waals surface area (Å²) < 4.78 is 1.17. The highest BCUT2D eigenvalue weighted by atomic mass is 79.9. The second kappa shape index (κ2) is 4.54. The van der Waals surface area contributed by atoms with Crippen LogP contribution in [0.15, 0.2) is 22.7 Å². The Bertz CT molecular complexity index is 349. The van der Waals surface area contributed by atoms with Crippen LogP contribution >= 0.6 is 15.9 Å². The number of likely N-dealkylation sites (N-methyl/N-ethyl adjacent to an activating group) is 1. The van der Waals surface area contributed by atoms with Crippen LogP contribution in [0, 0.1) is 0 Å². The molecule has 1 aliphatic heterocycles. The predicted molar refractivity (Wildman–Crippen MR) is 68.4 cm³/mol. The number of hydrogen-bond donors (Lipinski definition) is 1. The second-order valence-corrected chi connectivity index (χ2v) is 5.25. The van der Waals surface area contributed by atoms with Crippen molar-refractivity contribution in [2.45, 2.75) is 18.9 Å². The van der Waals surface area contributed by atoms with Gasteiger partial charge in [-0.15, -0.1) is 0 Å². The Morgan fingerprint density at radius 2 is 2.20 bits per heavy atom. The molecule has 0 spiro atoms. The summed E-state index contributed by atoms with van der Waals surface area (Å²) in [6.45, 7) is 1.04. The fourth-order valence-corrected chi connectivity index (χ4v) is 2.44. The van der Waals surface area contributed by atoms with E-state index in [1.807, 2.05) is 0 Å². The first-order valence-corrected chi connectivity index (χ1v) is 6.15. The van der Waals surface area contributed by atoms with Gasteiger partial charge in [-0.2, -0.15) is 0 Å². The highest BCUT2D eigenvalue weighted by Crippen LogP contribution is 2.25. The van der Waals surface area contributed by atoms with Gasteiger partial charge >= 0.3 is 0 Å². The van der Waals surface area contributed by atoms with Gasteiger partial charge in [0, 0.05) is 22.7 Å². The third kappa shape index (κ3) is 2.52. The van der Waals surface area contributed by atoms with E-state index in [9.17, 15) is 0 Å². The van der Waals surface area contributed by atoms with Crippen LogP contribution in [0.25, 0.3) is 0 Å². The zero-order valence-corrected chi connectivity index (χ0v) is 10.8. The van der Waals surface area contributed by atoms with Crippen LogP contribution in [-0.2, 0) is 6.42 Å². The quantitative estimate of drug-likeness (QED) is 0.843. The highest BCUT2D eigenvalue weighted by Gasteiger charge is 2.16. The maximum atomic E-state index is 3.52. The van der Waals surface area contributed by atoms with Crippen molar-refractivity contribution in [3.05, 3.63) is 28.2 Å². The zero-order valence-electron chi connectivity index (χ0n) is 9.26. The molecule has 2 rings (SSSR count). The molecular formula is C12H17BrN2. The van der Waals surface area contributed by atoms with Crippen LogP contribution in [0.3, 0.4) is 0 Å². The summed E-state index contributed by atoms with van der Waals surface area (Å²) in [5, 5.41) is 3.52. The zero-order chi connectivity index (χ0) is 10.8. The molecule has 82 valence electrons. The van der Waals surface area contributed by atoms with Gasteiger partial charge in [-0.3, -0.25) is 0 Å². The number of rotatable bonds is 1. The number of anilines is 1. The Labute approximate surface area is 99.8 Å². The number of hydrogen-bond acceptors (Lipinski definition) is 2. The van der Waals surface area contributed by atoms with Crippen molar-refractivity contribution in [3.8, 4) is 0 Å². The number of benzene rings is 1. The van der Waals surface area contributed by atoms with Crippen LogP contribution in [0.4, 0.5) is 5.69 Å². The van der Waals surface area contributed by atoms with Gasteiger partial charge in [0.15, 0.2) is 0 Å². The molecule has 0 saturated heterocycles. The van der Waals surface area contributed by atoms with Crippen molar-refractivity contribution in [1.82, 2.24) is 4.90 Å². The summed E-state index contributed by atoms with van der Waals surface area (Å²) in [6, 6.07) is 7.12. The molecular weight excluding hydrogens is 252 g/mol. The molecule has 1 atom stereocenters. The SMILES string of the molecule is CN(C)[C@@H]1CCc2cc(Br)ccc2NC1. The third-order valence-electron chi connectivity index (χ3n) is 3.07. The summed E-state index contributed by atoms with van der Waals surface area (Å²) in [4.78, 5) is 2.30. The Hall–Kier alpha value is -0.540. The fourth-order valence-electron chi connectivity index (χ4n) is 2.03. The molecule has 0 fully saturated rings. The summed E-state index contributed by atoms with van der Waals surface area (Å²) in [6.07, 6.45) is 2.38. The van der Waals surface area contributed by atoms with Gasteiger partial charge < -0.3 is 10.2 Å². The molecule has 1 aromatic rings. The van der Waals surface area contributed by atoms with Crippen molar-refractivity contribution in [3.63, 3.8) is 0 Å². The van der Waals surface area contributed by atoms with Gasteiger partial charge in [-0.25, -0.2) is 0 Å². The molecule has 1 aromatic carbocycles. The topological polar surface area (TPSA) is 15.3 Å². The lowest BCUT2D eigenvalue weighted by Crippen LogP contribution is -2.33. The van der Waals surface area contributed by atoms with Crippen LogP contribution in [0.2, 0.25) is 0 Å². The van der Waals surface area contributed by atoms with E-state index in [0.717, 1.165) is 13.0 Å². The van der Waals surface area contributed by atoms with Gasteiger partial charge in [0.25, 0.3) is 0 Å². The van der Waals surface area contributed by atoms with Crippen LogP contribution in [0.5, 0.6) is 0 Å². The second-order valence-electron chi connectivity index (χ2n) is 4.34. The first-order valence-electron chi connectivity index (χ1n) is 5.35. The molecule has 3 heteroatoms. The Morgan fingerprint density at radius 3 is 2.93 bits per heavy atom. The average molecular weight is 269 g/mol. The fraction of sp³-hybridized carbons (Fsp3) is 0.500. The minimum atomic E-state index is 0.635. The molecule has 1 aliphatic rings. The van der Waals surface area contributed by atoms with Crippen LogP contribution < -0.4 is 5.32 Å². The van der Waals surface area contributed by atoms with E-state index in [4.69, 9.17) is 0 Å². The van der Waals surface area contributed by atoms with E-state index in [1.54, 1.807) is 0 Å². The minimum Gasteiger partial charge on any atom is -0.383 e. The average Bonchev–Trinajstić information content (AvgIpc) is 2.39. The normalized spacial score (nSPS) is 20.7. The van der Waals surface area contributed by atoms with Gasteiger partial charge in [-0.05, 0) is 50.7 Å². The lowest BCUT2D eigenvalue weighted by atomic mass is 10.1. The molecule has 2 nitrogen and oxygen atoms in total. The van der Waals surface area contributed by atoms with Gasteiger partial charge in [0.05, 0.1) is 0 Å². The maximum Gasteiger partial charge on any atom is 0.0374 e. The molecule has 0 bridgehead atoms. The first kappa shape index (κ1) is 11.0. The summed E-state index contributed by atoms with van der Waals surface area (Å²) >= 11 is 3.52. The predicted octanol–water partition coefficient (Wildman–Crippen LogP) is 2.74. The molecule has 0 aromatic heterocycles. The van der Waals surface area contributed by atoms with Crippen molar-refractivity contribution >= 4 is 21.6 Å². The van der Waals surface area contributed by atoms with Crippen molar-refractivity contribution in [2.75, 3.05) is 26.0 Å². The molecule has 0 unspecified atom stereocenters. The Balaban J connectivity index is 2.18. The van der Waals surface area contributed by atoms with Crippen molar-refractivity contribution < 1.29 is 0 Å². The van der Waals surface area contributed by atoms with Crippen molar-refractivity contribution in [2.24, 2.45) is 0 Å². The molecule has 15 heavy (non-hydrogen) atoms. The number of nitrogens with zero attached hydrogens (tertiary/aromatic N) is 1. The highest BCUT2D eigenvalue weighted by molar-refractivity contribution is 9.10. The Morgan fingerprint density at radius 1 is 1.40 bits per heavy atom. The first-order chi connectivity index (χ1) is 7.16. The van der Waals surface area contributed by atoms with E-state index in [2.05, 4.69) is 58.4 Å². The van der Waals surface area contributed by atoms with Gasteiger partial charge in [0.2, 0.25) is 0 Å². The lowest BCUT2D eigenvalue weighted by Gasteiger charge is -2.22. The van der Waals surface area contributed by atoms with E-state index >= 15 is 0 Å². The molecule has 1 heterocycles. The molecule has 0 aliphatic carbocycles. The van der Waals surface area contributed by atoms with E-state index < -0.39 is 0 Å². The van der Waals surface area contributed by atoms with Gasteiger partial charge in [-0.1, -0.05) is 15.9 Å². The maximum absolute atomic E-state index is 3.52. The number of nitrogens with one attached hydrogen (secondary N) is 1. The lowest BCUT2D eigenvalue weighted by molar-refractivity contribution is 0.293. The molecule has 0 radical (unpaired) electrons. The number of aryl methyl sites for hydroxylation is 1. The van der Waals surface area contributed by atoms with Crippen molar-refractivity contribution in [1.29, 1.82) is 0 Å². The Kier molecular flexibility index (Phi) is 3.32. The van der Waals surface area contributed by atoms with E-state index in [-0.39, 0.29) is 0 Å². The monoisotopic (exact) mass is 268 g/mol. The third-order valence-corrected chi connectivity index (χ3v) is 3.57. The summed E-state index contributed by atoms with van der Waals surface area (Å²) in [7, 11) is 4.30. The standard InChI is InChI=1S/C12H17BrN2/c1-15(2)11-5-3-9-7-10(13)4-6-12(9)14-8-11/h4,6-7,11,14H,3,5,8H2,1-2H3/t11-/m1/s1. The van der Waals surface area contributed by atoms with E-state index in [0.29, 0.717) is 6.04 Å². The number of halogens is 1. The van der Waals surface area contributed by atoms with E-state index in [1.165, 1.54) is 22.1 Å². The number of fused-ring (bicyclic) bond motifs is 1. The smallest absolute Gasteiger partial charge is 0.0374 e. The largest absolute Gasteiger partial charge is 0.383 e. The molecule has 1 N–H and O–H groups in total. The molecule has 0 saturated carbocycles. The van der Waals surface area contributed by atoms with Crippen LogP contribution in [-0.4, -0.2) is 31.6 Å². The summed E-state index contributed by atoms with van der Waals surface area (Å²) in [5.41, 5.74) is 2.72. The van der Waals surface area contributed by atoms with Crippen LogP contribution in [0.1, 0.15) is 12.0 Å². The summed E-state index contributed by atoms with van der Waals surface area (Å²) in [5.74, 6) is 0. The molecule has 0 amide bonds. The van der Waals surface area contributed by atoms with Gasteiger partial charge in [0.1, 0.15) is 0 Å². The minimum absolute atomic E-state index is 0.635.